The zero-order valence-corrected chi connectivity index (χ0v) is 10.4. The summed E-state index contributed by atoms with van der Waals surface area (Å²) in [6, 6.07) is 2.33. The van der Waals surface area contributed by atoms with E-state index in [0.717, 1.165) is 5.82 Å². The fraction of sp³-hybridized carbons (Fsp3) is 0.583. The first-order valence-electron chi connectivity index (χ1n) is 6.20. The maximum absolute atomic E-state index is 10.7. The van der Waals surface area contributed by atoms with E-state index >= 15 is 0 Å². The van der Waals surface area contributed by atoms with Gasteiger partial charge in [-0.1, -0.05) is 6.92 Å². The molecule has 0 radical (unpaired) electrons. The molecule has 1 aliphatic carbocycles. The van der Waals surface area contributed by atoms with Gasteiger partial charge in [-0.15, -0.1) is 0 Å². The largest absolute Gasteiger partial charge is 0.481 e. The quantitative estimate of drug-likeness (QED) is 0.710. The number of rotatable bonds is 6. The molecule has 0 bridgehead atoms. The Kier molecular flexibility index (Phi) is 3.96. The highest BCUT2D eigenvalue weighted by atomic mass is 16.4. The number of carboxylic acid groups (broad SMARTS) is 1. The smallest absolute Gasteiger partial charge is 0.308 e. The monoisotopic (exact) mass is 250 g/mol. The van der Waals surface area contributed by atoms with Crippen LogP contribution in [0.15, 0.2) is 12.4 Å². The maximum Gasteiger partial charge on any atom is 0.308 e. The van der Waals surface area contributed by atoms with Gasteiger partial charge < -0.3 is 15.7 Å². The van der Waals surface area contributed by atoms with E-state index in [4.69, 9.17) is 5.11 Å². The van der Waals surface area contributed by atoms with Gasteiger partial charge in [0.1, 0.15) is 18.0 Å². The lowest BCUT2D eigenvalue weighted by atomic mass is 9.93. The third kappa shape index (κ3) is 3.32. The Labute approximate surface area is 106 Å². The van der Waals surface area contributed by atoms with Gasteiger partial charge in [0.15, 0.2) is 0 Å². The van der Waals surface area contributed by atoms with E-state index in [1.165, 1.54) is 25.6 Å². The predicted octanol–water partition coefficient (Wildman–Crippen LogP) is 1.57. The van der Waals surface area contributed by atoms with E-state index in [1.54, 1.807) is 6.92 Å². The van der Waals surface area contributed by atoms with Gasteiger partial charge in [0, 0.05) is 18.7 Å². The molecule has 6 nitrogen and oxygen atoms in total. The van der Waals surface area contributed by atoms with Crippen molar-refractivity contribution in [1.29, 1.82) is 0 Å². The molecule has 2 rings (SSSR count). The van der Waals surface area contributed by atoms with Crippen LogP contribution in [0.3, 0.4) is 0 Å². The van der Waals surface area contributed by atoms with Crippen LogP contribution in [0.25, 0.3) is 0 Å². The summed E-state index contributed by atoms with van der Waals surface area (Å²) in [5, 5.41) is 15.1. The first kappa shape index (κ1) is 12.6. The Hall–Kier alpha value is -1.85. The van der Waals surface area contributed by atoms with Gasteiger partial charge in [0.2, 0.25) is 0 Å². The standard InChI is InChI=1S/C12H18N4O2/c1-8(12(17)18)6-13-10-5-11(15-7-14-10)16-9-3-2-4-9/h5,7-9H,2-4,6H2,1H3,(H,17,18)(H2,13,14,15,16). The van der Waals surface area contributed by atoms with Crippen molar-refractivity contribution in [2.45, 2.75) is 32.2 Å². The van der Waals surface area contributed by atoms with Gasteiger partial charge in [-0.3, -0.25) is 4.79 Å². The Balaban J connectivity index is 1.88. The summed E-state index contributed by atoms with van der Waals surface area (Å²) in [5.41, 5.74) is 0. The molecular weight excluding hydrogens is 232 g/mol. The topological polar surface area (TPSA) is 87.1 Å². The summed E-state index contributed by atoms with van der Waals surface area (Å²) in [6.45, 7) is 2.01. The summed E-state index contributed by atoms with van der Waals surface area (Å²) >= 11 is 0. The second kappa shape index (κ2) is 5.66. The summed E-state index contributed by atoms with van der Waals surface area (Å²) in [5.74, 6) is 0.187. The lowest BCUT2D eigenvalue weighted by Crippen LogP contribution is -2.27. The number of nitrogens with one attached hydrogen (secondary N) is 2. The second-order valence-electron chi connectivity index (χ2n) is 4.68. The van der Waals surface area contributed by atoms with Crippen LogP contribution in [0.1, 0.15) is 26.2 Å². The zero-order valence-electron chi connectivity index (χ0n) is 10.4. The van der Waals surface area contributed by atoms with E-state index in [0.29, 0.717) is 18.4 Å². The number of carbonyl (C=O) groups is 1. The van der Waals surface area contributed by atoms with Crippen LogP contribution >= 0.6 is 0 Å². The minimum absolute atomic E-state index is 0.356. The van der Waals surface area contributed by atoms with Crippen LogP contribution in [0.4, 0.5) is 11.6 Å². The minimum Gasteiger partial charge on any atom is -0.481 e. The molecule has 0 aromatic carbocycles. The molecule has 98 valence electrons. The van der Waals surface area contributed by atoms with Crippen molar-refractivity contribution < 1.29 is 9.90 Å². The highest BCUT2D eigenvalue weighted by Gasteiger charge is 2.17. The molecule has 1 fully saturated rings. The molecule has 18 heavy (non-hydrogen) atoms. The Morgan fingerprint density at radius 2 is 2.22 bits per heavy atom. The molecule has 1 aromatic rings. The van der Waals surface area contributed by atoms with E-state index < -0.39 is 11.9 Å². The first-order valence-corrected chi connectivity index (χ1v) is 6.20. The van der Waals surface area contributed by atoms with Crippen LogP contribution < -0.4 is 10.6 Å². The first-order chi connectivity index (χ1) is 8.65. The number of nitrogens with zero attached hydrogens (tertiary/aromatic N) is 2. The summed E-state index contributed by atoms with van der Waals surface area (Å²) in [6.07, 6.45) is 5.12. The molecule has 1 heterocycles. The number of hydrogen-bond acceptors (Lipinski definition) is 5. The molecule has 1 saturated carbocycles. The summed E-state index contributed by atoms with van der Waals surface area (Å²) < 4.78 is 0. The molecule has 0 spiro atoms. The van der Waals surface area contributed by atoms with Crippen molar-refractivity contribution >= 4 is 17.6 Å². The zero-order chi connectivity index (χ0) is 13.0. The van der Waals surface area contributed by atoms with E-state index in [-0.39, 0.29) is 0 Å². The van der Waals surface area contributed by atoms with E-state index in [2.05, 4.69) is 20.6 Å². The number of aromatic nitrogens is 2. The molecule has 0 amide bonds. The van der Waals surface area contributed by atoms with Crippen LogP contribution in [-0.2, 0) is 4.79 Å². The van der Waals surface area contributed by atoms with Crippen LogP contribution in [0.2, 0.25) is 0 Å². The molecular formula is C12H18N4O2. The molecule has 3 N–H and O–H groups in total. The summed E-state index contributed by atoms with van der Waals surface area (Å²) in [4.78, 5) is 18.9. The van der Waals surface area contributed by atoms with Gasteiger partial charge in [-0.25, -0.2) is 9.97 Å². The number of carboxylic acids is 1. The lowest BCUT2D eigenvalue weighted by molar-refractivity contribution is -0.140. The molecule has 1 aromatic heterocycles. The molecule has 1 aliphatic rings. The average Bonchev–Trinajstić information content (AvgIpc) is 2.31. The van der Waals surface area contributed by atoms with Crippen molar-refractivity contribution in [1.82, 2.24) is 9.97 Å². The van der Waals surface area contributed by atoms with Crippen LogP contribution in [-0.4, -0.2) is 33.6 Å². The van der Waals surface area contributed by atoms with Gasteiger partial charge in [0.25, 0.3) is 0 Å². The Morgan fingerprint density at radius 3 is 2.83 bits per heavy atom. The number of aliphatic carboxylic acids is 1. The highest BCUT2D eigenvalue weighted by molar-refractivity contribution is 5.70. The second-order valence-corrected chi connectivity index (χ2v) is 4.68. The third-order valence-corrected chi connectivity index (χ3v) is 3.14. The number of anilines is 2. The SMILES string of the molecule is CC(CNc1cc(NC2CCC2)ncn1)C(=O)O. The lowest BCUT2D eigenvalue weighted by Gasteiger charge is -2.26. The van der Waals surface area contributed by atoms with Gasteiger partial charge in [-0.05, 0) is 19.3 Å². The molecule has 1 atom stereocenters. The predicted molar refractivity (Wildman–Crippen MR) is 68.6 cm³/mol. The van der Waals surface area contributed by atoms with E-state index in [1.807, 2.05) is 6.07 Å². The maximum atomic E-state index is 10.7. The molecule has 6 heteroatoms. The summed E-state index contributed by atoms with van der Waals surface area (Å²) in [7, 11) is 0. The van der Waals surface area contributed by atoms with Crippen molar-refractivity contribution in [3.8, 4) is 0 Å². The normalized spacial score (nSPS) is 16.7. The van der Waals surface area contributed by atoms with Gasteiger partial charge >= 0.3 is 5.97 Å². The van der Waals surface area contributed by atoms with Gasteiger partial charge in [0.05, 0.1) is 5.92 Å². The fourth-order valence-corrected chi connectivity index (χ4v) is 1.64. The minimum atomic E-state index is -0.815. The van der Waals surface area contributed by atoms with Crippen molar-refractivity contribution in [3.63, 3.8) is 0 Å². The fourth-order valence-electron chi connectivity index (χ4n) is 1.64. The number of hydrogen-bond donors (Lipinski definition) is 3. The van der Waals surface area contributed by atoms with Gasteiger partial charge in [-0.2, -0.15) is 0 Å². The molecule has 1 unspecified atom stereocenters. The van der Waals surface area contributed by atoms with Crippen molar-refractivity contribution in [2.75, 3.05) is 17.2 Å². The van der Waals surface area contributed by atoms with Crippen LogP contribution in [0.5, 0.6) is 0 Å². The molecule has 0 aliphatic heterocycles. The average molecular weight is 250 g/mol. The van der Waals surface area contributed by atoms with Crippen molar-refractivity contribution in [2.24, 2.45) is 5.92 Å². The van der Waals surface area contributed by atoms with E-state index in [9.17, 15) is 4.79 Å². The van der Waals surface area contributed by atoms with Crippen LogP contribution in [0, 0.1) is 5.92 Å². The highest BCUT2D eigenvalue weighted by Crippen LogP contribution is 2.22. The Morgan fingerprint density at radius 1 is 1.50 bits per heavy atom. The van der Waals surface area contributed by atoms with Crippen molar-refractivity contribution in [3.05, 3.63) is 12.4 Å². The molecule has 0 saturated heterocycles. The third-order valence-electron chi connectivity index (χ3n) is 3.14. The Bertz CT molecular complexity index is 420.